The highest BCUT2D eigenvalue weighted by Crippen LogP contribution is 2.23. The van der Waals surface area contributed by atoms with E-state index in [-0.39, 0.29) is 10.0 Å². The number of rotatable bonds is 5. The minimum atomic E-state index is -4.03. The van der Waals surface area contributed by atoms with Crippen molar-refractivity contribution in [3.63, 3.8) is 0 Å². The van der Waals surface area contributed by atoms with E-state index in [1.807, 2.05) is 11.6 Å². The van der Waals surface area contributed by atoms with E-state index < -0.39 is 16.1 Å². The van der Waals surface area contributed by atoms with Crippen LogP contribution in [0.1, 0.15) is 31.0 Å². The molecule has 0 aliphatic rings. The maximum Gasteiger partial charge on any atom is 0.328 e. The van der Waals surface area contributed by atoms with Crippen LogP contribution in [0.5, 0.6) is 0 Å². The molecule has 1 aromatic rings. The van der Waals surface area contributed by atoms with Gasteiger partial charge in [0.05, 0.1) is 0 Å². The van der Waals surface area contributed by atoms with E-state index in [0.717, 1.165) is 12.8 Å². The van der Waals surface area contributed by atoms with E-state index >= 15 is 0 Å². The highest BCUT2D eigenvalue weighted by atomic mass is 35.5. The second-order valence-electron chi connectivity index (χ2n) is 4.42. The second kappa shape index (κ2) is 6.90. The largest absolute Gasteiger partial charge is 0.337 e. The number of nitrogens with one attached hydrogen (secondary N) is 2. The summed E-state index contributed by atoms with van der Waals surface area (Å²) in [5.74, 6) is 0. The van der Waals surface area contributed by atoms with Gasteiger partial charge in [-0.1, -0.05) is 24.9 Å². The molecule has 112 valence electrons. The van der Waals surface area contributed by atoms with Crippen molar-refractivity contribution in [3.8, 4) is 0 Å². The molecule has 0 atom stereocenters. The number of aromatic nitrogens is 1. The molecular weight excluding hydrogens is 302 g/mol. The average Bonchev–Trinajstić information content (AvgIpc) is 2.26. The first-order chi connectivity index (χ1) is 9.27. The summed E-state index contributed by atoms with van der Waals surface area (Å²) in [6.07, 6.45) is 1.68. The average molecular weight is 320 g/mol. The molecule has 0 aliphatic carbocycles. The van der Waals surface area contributed by atoms with Crippen molar-refractivity contribution in [2.45, 2.75) is 38.5 Å². The van der Waals surface area contributed by atoms with E-state index in [1.165, 1.54) is 0 Å². The van der Waals surface area contributed by atoms with Crippen molar-refractivity contribution in [1.82, 2.24) is 15.0 Å². The van der Waals surface area contributed by atoms with Gasteiger partial charge in [-0.3, -0.25) is 0 Å². The Balaban J connectivity index is 2.92. The molecule has 1 heterocycles. The Morgan fingerprint density at radius 3 is 2.60 bits per heavy atom. The number of hydrogen-bond acceptors (Lipinski definition) is 4. The molecule has 2 N–H and O–H groups in total. The summed E-state index contributed by atoms with van der Waals surface area (Å²) in [5.41, 5.74) is 1.05. The van der Waals surface area contributed by atoms with E-state index in [4.69, 9.17) is 11.6 Å². The first-order valence-corrected chi connectivity index (χ1v) is 8.08. The van der Waals surface area contributed by atoms with Gasteiger partial charge in [-0.05, 0) is 31.9 Å². The summed E-state index contributed by atoms with van der Waals surface area (Å²) in [7, 11) is -4.03. The van der Waals surface area contributed by atoms with Crippen molar-refractivity contribution < 1.29 is 13.2 Å². The van der Waals surface area contributed by atoms with Gasteiger partial charge < -0.3 is 5.32 Å². The monoisotopic (exact) mass is 319 g/mol. The van der Waals surface area contributed by atoms with Crippen molar-refractivity contribution in [2.24, 2.45) is 0 Å². The molecule has 20 heavy (non-hydrogen) atoms. The molecule has 0 aromatic carbocycles. The summed E-state index contributed by atoms with van der Waals surface area (Å²) < 4.78 is 26.2. The minimum Gasteiger partial charge on any atom is -0.337 e. The highest BCUT2D eigenvalue weighted by Gasteiger charge is 2.24. The molecule has 0 spiro atoms. The molecule has 8 heteroatoms. The van der Waals surface area contributed by atoms with Crippen LogP contribution in [0.4, 0.5) is 4.79 Å². The number of carbonyl (C=O) groups excluding carboxylic acids is 1. The molecule has 0 unspecified atom stereocenters. The van der Waals surface area contributed by atoms with E-state index in [0.29, 0.717) is 17.8 Å². The van der Waals surface area contributed by atoms with Gasteiger partial charge in [0, 0.05) is 12.2 Å². The molecule has 6 nitrogen and oxygen atoms in total. The van der Waals surface area contributed by atoms with Crippen molar-refractivity contribution in [1.29, 1.82) is 0 Å². The lowest BCUT2D eigenvalue weighted by molar-refractivity contribution is 0.245. The fourth-order valence-corrected chi connectivity index (χ4v) is 3.45. The Bertz CT molecular complexity index is 579. The number of carbonyl (C=O) groups is 1. The molecule has 0 bridgehead atoms. The molecule has 1 aromatic heterocycles. The van der Waals surface area contributed by atoms with Crippen LogP contribution in [0, 0.1) is 13.8 Å². The number of sulfonamides is 1. The number of pyridine rings is 1. The lowest BCUT2D eigenvalue weighted by Gasteiger charge is -2.11. The molecular formula is C12H18ClN3O3S. The molecule has 0 radical (unpaired) electrons. The zero-order valence-corrected chi connectivity index (χ0v) is 13.2. The van der Waals surface area contributed by atoms with Gasteiger partial charge in [0.25, 0.3) is 10.0 Å². The summed E-state index contributed by atoms with van der Waals surface area (Å²) in [6.45, 7) is 5.69. The van der Waals surface area contributed by atoms with Crippen LogP contribution in [-0.4, -0.2) is 26.0 Å². The number of nitrogens with zero attached hydrogens (tertiary/aromatic N) is 1. The number of urea groups is 1. The Kier molecular flexibility index (Phi) is 5.76. The molecule has 0 saturated carbocycles. The fourth-order valence-electron chi connectivity index (χ4n) is 1.69. The number of halogens is 1. The maximum atomic E-state index is 12.1. The van der Waals surface area contributed by atoms with Crippen LogP contribution in [-0.2, 0) is 10.0 Å². The lowest BCUT2D eigenvalue weighted by atomic mass is 10.2. The standard InChI is InChI=1S/C12H18ClN3O3S/c1-4-5-6-14-12(17)16-20(18,19)10-8(2)7-9(3)15-11(10)13/h7H,4-6H2,1-3H3,(H2,14,16,17). The normalized spacial score (nSPS) is 11.2. The Morgan fingerprint density at radius 2 is 2.05 bits per heavy atom. The molecule has 0 aliphatic heterocycles. The molecule has 0 saturated heterocycles. The Morgan fingerprint density at radius 1 is 1.40 bits per heavy atom. The number of aryl methyl sites for hydroxylation is 2. The first-order valence-electron chi connectivity index (χ1n) is 6.22. The van der Waals surface area contributed by atoms with Crippen LogP contribution >= 0.6 is 11.6 Å². The van der Waals surface area contributed by atoms with Gasteiger partial charge in [-0.15, -0.1) is 0 Å². The SMILES string of the molecule is CCCCNC(=O)NS(=O)(=O)c1c(C)cc(C)nc1Cl. The van der Waals surface area contributed by atoms with Crippen LogP contribution < -0.4 is 10.0 Å². The van der Waals surface area contributed by atoms with Crippen LogP contribution in [0.3, 0.4) is 0 Å². The zero-order valence-electron chi connectivity index (χ0n) is 11.7. The van der Waals surface area contributed by atoms with Crippen molar-refractivity contribution in [2.75, 3.05) is 6.54 Å². The van der Waals surface area contributed by atoms with Crippen LogP contribution in [0.25, 0.3) is 0 Å². The van der Waals surface area contributed by atoms with Gasteiger partial charge in [0.2, 0.25) is 0 Å². The van der Waals surface area contributed by atoms with Gasteiger partial charge in [-0.2, -0.15) is 0 Å². The summed E-state index contributed by atoms with van der Waals surface area (Å²) >= 11 is 5.87. The van der Waals surface area contributed by atoms with Crippen LogP contribution in [0.2, 0.25) is 5.15 Å². The fraction of sp³-hybridized carbons (Fsp3) is 0.500. The predicted octanol–water partition coefficient (Wildman–Crippen LogP) is 2.14. The predicted molar refractivity (Wildman–Crippen MR) is 77.3 cm³/mol. The first kappa shape index (κ1) is 16.7. The topological polar surface area (TPSA) is 88.2 Å². The smallest absolute Gasteiger partial charge is 0.328 e. The summed E-state index contributed by atoms with van der Waals surface area (Å²) in [4.78, 5) is 15.3. The molecule has 1 rings (SSSR count). The third-order valence-electron chi connectivity index (χ3n) is 2.56. The van der Waals surface area contributed by atoms with Gasteiger partial charge in [0.1, 0.15) is 10.0 Å². The second-order valence-corrected chi connectivity index (χ2v) is 6.39. The van der Waals surface area contributed by atoms with Gasteiger partial charge in [-0.25, -0.2) is 22.9 Å². The quantitative estimate of drug-likeness (QED) is 0.643. The lowest BCUT2D eigenvalue weighted by Crippen LogP contribution is -2.40. The third-order valence-corrected chi connectivity index (χ3v) is 4.45. The third kappa shape index (κ3) is 4.35. The minimum absolute atomic E-state index is 0.142. The number of amides is 2. The van der Waals surface area contributed by atoms with Crippen LogP contribution in [0.15, 0.2) is 11.0 Å². The van der Waals surface area contributed by atoms with E-state index in [1.54, 1.807) is 19.9 Å². The van der Waals surface area contributed by atoms with E-state index in [9.17, 15) is 13.2 Å². The Hall–Kier alpha value is -1.34. The molecule has 2 amide bonds. The number of hydrogen-bond donors (Lipinski definition) is 2. The maximum absolute atomic E-state index is 12.1. The van der Waals surface area contributed by atoms with E-state index in [2.05, 4.69) is 10.3 Å². The summed E-state index contributed by atoms with van der Waals surface area (Å²) in [6, 6.07) is 0.824. The number of unbranched alkanes of at least 4 members (excludes halogenated alkanes) is 1. The highest BCUT2D eigenvalue weighted by molar-refractivity contribution is 7.90. The van der Waals surface area contributed by atoms with Gasteiger partial charge in [0.15, 0.2) is 0 Å². The van der Waals surface area contributed by atoms with Crippen molar-refractivity contribution >= 4 is 27.7 Å². The Labute approximate surface area is 124 Å². The van der Waals surface area contributed by atoms with Gasteiger partial charge >= 0.3 is 6.03 Å². The molecule has 0 fully saturated rings. The zero-order chi connectivity index (χ0) is 15.3. The van der Waals surface area contributed by atoms with Crippen molar-refractivity contribution in [3.05, 3.63) is 22.5 Å². The summed E-state index contributed by atoms with van der Waals surface area (Å²) in [5, 5.41) is 2.32.